The molecule has 0 saturated carbocycles. The van der Waals surface area contributed by atoms with E-state index < -0.39 is 16.5 Å². The summed E-state index contributed by atoms with van der Waals surface area (Å²) in [4.78, 5) is 0. The average molecular weight is 327 g/mol. The van der Waals surface area contributed by atoms with Crippen LogP contribution in [0.15, 0.2) is 0 Å². The second-order valence-electron chi connectivity index (χ2n) is 2.31. The maximum atomic E-state index is 6.94. The van der Waals surface area contributed by atoms with E-state index in [0.717, 1.165) is 0 Å². The number of halogens is 2. The van der Waals surface area contributed by atoms with Gasteiger partial charge in [0.25, 0.3) is 0 Å². The molecule has 0 amide bonds. The summed E-state index contributed by atoms with van der Waals surface area (Å²) in [6.07, 6.45) is 0. The summed E-state index contributed by atoms with van der Waals surface area (Å²) in [5.74, 6) is 0. The van der Waals surface area contributed by atoms with Crippen molar-refractivity contribution in [2.45, 2.75) is 26.3 Å². The van der Waals surface area contributed by atoms with E-state index in [1.54, 1.807) is 0 Å². The van der Waals surface area contributed by atoms with Crippen molar-refractivity contribution in [1.82, 2.24) is 0 Å². The fourth-order valence-corrected chi connectivity index (χ4v) is 0. The Bertz CT molecular complexity index is 37.8. The van der Waals surface area contributed by atoms with Gasteiger partial charge < -0.3 is 5.73 Å². The van der Waals surface area contributed by atoms with Crippen LogP contribution in [0.5, 0.6) is 0 Å². The summed E-state index contributed by atoms with van der Waals surface area (Å²) in [6.45, 7) is 5.56. The van der Waals surface area contributed by atoms with Crippen molar-refractivity contribution in [2.75, 3.05) is 0 Å². The summed E-state index contributed by atoms with van der Waals surface area (Å²) in [7, 11) is 9.86. The van der Waals surface area contributed by atoms with Gasteiger partial charge in [0, 0.05) is 0 Å². The molecule has 0 unspecified atom stereocenters. The Kier molecular flexibility index (Phi) is 9.49. The first-order valence-corrected chi connectivity index (χ1v) is 9.33. The second-order valence-corrected chi connectivity index (χ2v) is 6.55. The van der Waals surface area contributed by atoms with E-state index in [0.29, 0.717) is 0 Å². The molecular weight excluding hydrogens is 317 g/mol. The predicted octanol–water partition coefficient (Wildman–Crippen LogP) is 3.21. The van der Waals surface area contributed by atoms with Gasteiger partial charge in [-0.05, 0) is 0 Å². The fourth-order valence-electron chi connectivity index (χ4n) is 0. The molecule has 0 aromatic heterocycles. The van der Waals surface area contributed by atoms with Crippen molar-refractivity contribution < 1.29 is 16.5 Å². The minimum atomic E-state index is -0.806. The monoisotopic (exact) mass is 326 g/mol. The first kappa shape index (κ1) is 12.0. The molecule has 0 radical (unpaired) electrons. The molecule has 0 aliphatic rings. The van der Waals surface area contributed by atoms with E-state index in [2.05, 4.69) is 0 Å². The zero-order chi connectivity index (χ0) is 7.21. The molecule has 8 heavy (non-hydrogen) atoms. The van der Waals surface area contributed by atoms with Crippen LogP contribution in [0.4, 0.5) is 0 Å². The van der Waals surface area contributed by atoms with Crippen molar-refractivity contribution >= 4 is 18.8 Å². The molecule has 0 heterocycles. The number of rotatable bonds is 0. The quantitative estimate of drug-likeness (QED) is 0.653. The van der Waals surface area contributed by atoms with Gasteiger partial charge in [0.15, 0.2) is 0 Å². The summed E-state index contributed by atoms with van der Waals surface area (Å²) >= 11 is -0.806. The molecule has 0 bridgehead atoms. The SMILES string of the molecule is CC(C)(C)[NH-].[Cl][W][Cl]. The van der Waals surface area contributed by atoms with E-state index in [9.17, 15) is 0 Å². The first-order valence-electron chi connectivity index (χ1n) is 2.06. The molecule has 0 saturated heterocycles. The molecule has 0 spiro atoms. The Morgan fingerprint density at radius 3 is 1.25 bits per heavy atom. The normalized spacial score (nSPS) is 9.75. The van der Waals surface area contributed by atoms with Crippen molar-refractivity contribution in [2.24, 2.45) is 0 Å². The maximum absolute atomic E-state index is 6.94. The molecule has 0 fully saturated rings. The molecule has 1 N–H and O–H groups in total. The van der Waals surface area contributed by atoms with E-state index in [-0.39, 0.29) is 5.54 Å². The van der Waals surface area contributed by atoms with Gasteiger partial charge in [0.05, 0.1) is 0 Å². The number of hydrogen-bond donors (Lipinski definition) is 0. The third kappa shape index (κ3) is 186. The van der Waals surface area contributed by atoms with Crippen molar-refractivity contribution in [3.8, 4) is 0 Å². The van der Waals surface area contributed by atoms with Crippen molar-refractivity contribution in [3.63, 3.8) is 0 Å². The van der Waals surface area contributed by atoms with Gasteiger partial charge >= 0.3 is 35.3 Å². The van der Waals surface area contributed by atoms with Crippen LogP contribution in [0.25, 0.3) is 5.73 Å². The third-order valence-corrected chi connectivity index (χ3v) is 0. The van der Waals surface area contributed by atoms with Crippen molar-refractivity contribution in [3.05, 3.63) is 5.73 Å². The van der Waals surface area contributed by atoms with Crippen LogP contribution in [0.1, 0.15) is 20.8 Å². The molecule has 0 aliphatic heterocycles. The minimum absolute atomic E-state index is 0.250. The van der Waals surface area contributed by atoms with E-state index >= 15 is 0 Å². The van der Waals surface area contributed by atoms with Crippen LogP contribution in [0.2, 0.25) is 0 Å². The molecule has 0 aliphatic carbocycles. The van der Waals surface area contributed by atoms with Gasteiger partial charge in [-0.25, -0.2) is 0 Å². The number of hydrogen-bond acceptors (Lipinski definition) is 0. The standard InChI is InChI=1S/C4H10N.2ClH.W/c1-4(2,3)5;;;/h5H,1-3H3;2*1H;/q-1;;;+2/p-2. The van der Waals surface area contributed by atoms with Crippen molar-refractivity contribution in [1.29, 1.82) is 0 Å². The summed E-state index contributed by atoms with van der Waals surface area (Å²) in [6, 6.07) is 0. The molecule has 0 rings (SSSR count). The topological polar surface area (TPSA) is 23.8 Å². The van der Waals surface area contributed by atoms with E-state index in [1.807, 2.05) is 20.8 Å². The molecule has 0 aromatic carbocycles. The fraction of sp³-hybridized carbons (Fsp3) is 1.00. The summed E-state index contributed by atoms with van der Waals surface area (Å²) < 4.78 is 0. The molecule has 52 valence electrons. The van der Waals surface area contributed by atoms with Gasteiger partial charge in [0.2, 0.25) is 0 Å². The Morgan fingerprint density at radius 2 is 1.25 bits per heavy atom. The molecular formula is C4H10Cl2NW-. The van der Waals surface area contributed by atoms with Crippen LogP contribution >= 0.6 is 18.8 Å². The Hall–Kier alpha value is 1.23. The number of nitrogens with one attached hydrogen (secondary N) is 1. The molecule has 0 aromatic rings. The Balaban J connectivity index is 0. The van der Waals surface area contributed by atoms with E-state index in [4.69, 9.17) is 24.6 Å². The second kappa shape index (κ2) is 6.35. The van der Waals surface area contributed by atoms with Gasteiger partial charge in [-0.15, -0.1) is 5.54 Å². The van der Waals surface area contributed by atoms with Crippen LogP contribution < -0.4 is 0 Å². The average Bonchev–Trinajstić information content (AvgIpc) is 1.27. The molecule has 1 nitrogen and oxygen atoms in total. The van der Waals surface area contributed by atoms with Gasteiger partial charge in [-0.2, -0.15) is 0 Å². The van der Waals surface area contributed by atoms with Crippen LogP contribution in [-0.2, 0) is 16.5 Å². The van der Waals surface area contributed by atoms with Gasteiger partial charge in [-0.1, -0.05) is 20.8 Å². The Morgan fingerprint density at radius 1 is 1.25 bits per heavy atom. The zero-order valence-corrected chi connectivity index (χ0v) is 9.61. The Labute approximate surface area is 67.3 Å². The summed E-state index contributed by atoms with van der Waals surface area (Å²) in [5, 5.41) is 0. The van der Waals surface area contributed by atoms with Gasteiger partial charge in [-0.3, -0.25) is 0 Å². The van der Waals surface area contributed by atoms with Crippen LogP contribution in [0, 0.1) is 0 Å². The molecule has 4 heteroatoms. The predicted molar refractivity (Wildman–Crippen MR) is 35.8 cm³/mol. The molecule has 0 atom stereocenters. The first-order chi connectivity index (χ1) is 3.41. The van der Waals surface area contributed by atoms with Crippen LogP contribution in [-0.4, -0.2) is 5.54 Å². The zero-order valence-electron chi connectivity index (χ0n) is 5.16. The van der Waals surface area contributed by atoms with E-state index in [1.165, 1.54) is 0 Å². The van der Waals surface area contributed by atoms with Crippen LogP contribution in [0.3, 0.4) is 0 Å². The summed E-state index contributed by atoms with van der Waals surface area (Å²) in [5.41, 5.74) is 6.69. The third-order valence-electron chi connectivity index (χ3n) is 0. The van der Waals surface area contributed by atoms with Gasteiger partial charge in [0.1, 0.15) is 0 Å².